The normalized spacial score (nSPS) is 14.2. The number of hydrogen-bond acceptors (Lipinski definition) is 15. The molecule has 17 nitrogen and oxygen atoms in total. The first-order valence-corrected chi connectivity index (χ1v) is 40.7. The molecule has 92 heavy (non-hydrogen) atoms. The van der Waals surface area contributed by atoms with E-state index in [-0.39, 0.29) is 25.7 Å². The summed E-state index contributed by atoms with van der Waals surface area (Å²) in [6.07, 6.45) is 46.0. The molecular formula is C73H142O17P2. The smallest absolute Gasteiger partial charge is 0.462 e. The monoisotopic (exact) mass is 1350 g/mol. The number of unbranched alkanes of at least 4 members (excludes halogenated alkanes) is 36. The first-order chi connectivity index (χ1) is 44.1. The summed E-state index contributed by atoms with van der Waals surface area (Å²) in [6, 6.07) is 0. The van der Waals surface area contributed by atoms with Gasteiger partial charge in [0, 0.05) is 25.7 Å². The lowest BCUT2D eigenvalue weighted by molar-refractivity contribution is -0.161. The molecule has 3 N–H and O–H groups in total. The van der Waals surface area contributed by atoms with Gasteiger partial charge in [-0.05, 0) is 49.4 Å². The highest BCUT2D eigenvalue weighted by atomic mass is 31.2. The second-order valence-electron chi connectivity index (χ2n) is 28.2. The molecule has 19 heteroatoms. The molecule has 546 valence electrons. The zero-order valence-electron chi connectivity index (χ0n) is 60.2. The number of ether oxygens (including phenoxy) is 4. The van der Waals surface area contributed by atoms with Gasteiger partial charge < -0.3 is 33.8 Å². The Bertz CT molecular complexity index is 1820. The van der Waals surface area contributed by atoms with Crippen LogP contribution in [0, 0.1) is 23.7 Å². The summed E-state index contributed by atoms with van der Waals surface area (Å²) in [5.74, 6) is 0.844. The van der Waals surface area contributed by atoms with Crippen LogP contribution >= 0.6 is 15.6 Å². The Balaban J connectivity index is 5.22. The van der Waals surface area contributed by atoms with Crippen LogP contribution in [-0.2, 0) is 65.4 Å². The van der Waals surface area contributed by atoms with Gasteiger partial charge in [0.05, 0.1) is 26.4 Å². The Labute approximate surface area is 562 Å². The minimum Gasteiger partial charge on any atom is -0.462 e. The van der Waals surface area contributed by atoms with Crippen LogP contribution < -0.4 is 0 Å². The average Bonchev–Trinajstić information content (AvgIpc) is 1.76. The highest BCUT2D eigenvalue weighted by molar-refractivity contribution is 7.47. The van der Waals surface area contributed by atoms with Crippen molar-refractivity contribution in [3.05, 3.63) is 0 Å². The van der Waals surface area contributed by atoms with Gasteiger partial charge in [-0.2, -0.15) is 0 Å². The topological polar surface area (TPSA) is 237 Å². The summed E-state index contributed by atoms with van der Waals surface area (Å²) < 4.78 is 68.3. The summed E-state index contributed by atoms with van der Waals surface area (Å²) in [5, 5.41) is 10.6. The highest BCUT2D eigenvalue weighted by Gasteiger charge is 2.30. The van der Waals surface area contributed by atoms with Gasteiger partial charge in [-0.25, -0.2) is 9.13 Å². The van der Waals surface area contributed by atoms with E-state index in [2.05, 4.69) is 55.4 Å². The zero-order valence-corrected chi connectivity index (χ0v) is 62.0. The van der Waals surface area contributed by atoms with Crippen molar-refractivity contribution in [2.24, 2.45) is 23.7 Å². The second-order valence-corrected chi connectivity index (χ2v) is 31.1. The number of hydrogen-bond donors (Lipinski definition) is 3. The SMILES string of the molecule is CC(C)CCCCCCCCCCCCCCCCCC(=O)OC[C@H](COP(=O)(O)OCC(O)COP(=O)(O)OC[C@@H](COC(=O)CCCCCCCCCC(C)C)OC(=O)CCCCCCCCCC(C)C)OC(=O)CCCCCCCCCCCCCC(C)C. The summed E-state index contributed by atoms with van der Waals surface area (Å²) in [4.78, 5) is 72.6. The van der Waals surface area contributed by atoms with Gasteiger partial charge in [0.2, 0.25) is 0 Å². The van der Waals surface area contributed by atoms with Crippen LogP contribution in [0.5, 0.6) is 0 Å². The van der Waals surface area contributed by atoms with Crippen molar-refractivity contribution in [2.75, 3.05) is 39.6 Å². The molecule has 0 radical (unpaired) electrons. The van der Waals surface area contributed by atoms with Gasteiger partial charge >= 0.3 is 39.5 Å². The molecule has 3 unspecified atom stereocenters. The van der Waals surface area contributed by atoms with Gasteiger partial charge in [0.25, 0.3) is 0 Å². The third-order valence-corrected chi connectivity index (χ3v) is 18.7. The second kappa shape index (κ2) is 62.6. The molecule has 0 saturated carbocycles. The van der Waals surface area contributed by atoms with Gasteiger partial charge in [0.15, 0.2) is 12.2 Å². The maximum atomic E-state index is 13.1. The van der Waals surface area contributed by atoms with Gasteiger partial charge in [-0.3, -0.25) is 37.3 Å². The number of rotatable bonds is 70. The highest BCUT2D eigenvalue weighted by Crippen LogP contribution is 2.45. The summed E-state index contributed by atoms with van der Waals surface area (Å²) in [7, 11) is -9.91. The van der Waals surface area contributed by atoms with Crippen molar-refractivity contribution in [2.45, 2.75) is 382 Å². The number of carbonyl (C=O) groups is 4. The van der Waals surface area contributed by atoms with E-state index in [1.807, 2.05) is 0 Å². The molecule has 0 aliphatic carbocycles. The summed E-state index contributed by atoms with van der Waals surface area (Å²) in [5.41, 5.74) is 0. The van der Waals surface area contributed by atoms with E-state index in [0.29, 0.717) is 37.5 Å². The van der Waals surface area contributed by atoms with Crippen LogP contribution in [0.15, 0.2) is 0 Å². The Morgan fingerprint density at radius 3 is 0.674 bits per heavy atom. The van der Waals surface area contributed by atoms with Crippen LogP contribution in [0.3, 0.4) is 0 Å². The Kier molecular flexibility index (Phi) is 61.3. The first kappa shape index (κ1) is 90.1. The number of phosphoric ester groups is 2. The van der Waals surface area contributed by atoms with E-state index in [4.69, 9.17) is 37.0 Å². The number of phosphoric acid groups is 2. The maximum absolute atomic E-state index is 13.1. The van der Waals surface area contributed by atoms with E-state index < -0.39 is 97.5 Å². The molecule has 0 saturated heterocycles. The third-order valence-electron chi connectivity index (χ3n) is 16.8. The van der Waals surface area contributed by atoms with Crippen molar-refractivity contribution < 1.29 is 80.2 Å². The van der Waals surface area contributed by atoms with E-state index in [1.165, 1.54) is 161 Å². The fourth-order valence-corrected chi connectivity index (χ4v) is 12.6. The number of aliphatic hydroxyl groups is 1. The number of esters is 4. The standard InChI is InChI=1S/C73H142O17P2/c1-63(2)49-41-33-25-19-15-12-10-9-11-13-17-21-29-37-45-53-70(75)83-59-68(89-72(77)55-47-39-30-22-18-14-16-20-26-34-42-50-64(3)4)61-87-91(79,80)85-57-67(74)58-86-92(81,82)88-62-69(90-73(78)56-48-40-32-24-28-36-44-52-66(7)8)60-84-71(76)54-46-38-31-23-27-35-43-51-65(5)6/h63-69,74H,9-62H2,1-8H3,(H,79,80)(H,81,82)/t67?,68-,69-/m1/s1. The predicted octanol–water partition coefficient (Wildman–Crippen LogP) is 20.9. The Morgan fingerprint density at radius 1 is 0.272 bits per heavy atom. The first-order valence-electron chi connectivity index (χ1n) is 37.7. The lowest BCUT2D eigenvalue weighted by atomic mass is 10.0. The van der Waals surface area contributed by atoms with Crippen molar-refractivity contribution >= 4 is 39.5 Å². The minimum atomic E-state index is -4.96. The lowest BCUT2D eigenvalue weighted by Gasteiger charge is -2.21. The van der Waals surface area contributed by atoms with E-state index in [9.17, 15) is 43.2 Å². The van der Waals surface area contributed by atoms with Crippen LogP contribution in [0.2, 0.25) is 0 Å². The maximum Gasteiger partial charge on any atom is 0.472 e. The van der Waals surface area contributed by atoms with Gasteiger partial charge in [-0.15, -0.1) is 0 Å². The van der Waals surface area contributed by atoms with Crippen LogP contribution in [0.25, 0.3) is 0 Å². The minimum absolute atomic E-state index is 0.102. The molecule has 0 bridgehead atoms. The molecule has 0 spiro atoms. The van der Waals surface area contributed by atoms with Crippen LogP contribution in [-0.4, -0.2) is 96.7 Å². The largest absolute Gasteiger partial charge is 0.472 e. The number of aliphatic hydroxyl groups excluding tert-OH is 1. The van der Waals surface area contributed by atoms with Crippen molar-refractivity contribution in [3.8, 4) is 0 Å². The van der Waals surface area contributed by atoms with Crippen molar-refractivity contribution in [1.82, 2.24) is 0 Å². The fraction of sp³-hybridized carbons (Fsp3) is 0.945. The third kappa shape index (κ3) is 66.7. The Hall–Kier alpha value is -1.94. The molecule has 0 aliphatic rings. The molecule has 0 rings (SSSR count). The molecular weight excluding hydrogens is 1210 g/mol. The molecule has 0 aliphatic heterocycles. The molecule has 0 amide bonds. The molecule has 0 heterocycles. The molecule has 5 atom stereocenters. The van der Waals surface area contributed by atoms with Crippen LogP contribution in [0.4, 0.5) is 0 Å². The Morgan fingerprint density at radius 2 is 0.457 bits per heavy atom. The average molecular weight is 1350 g/mol. The van der Waals surface area contributed by atoms with Crippen LogP contribution in [0.1, 0.15) is 364 Å². The molecule has 0 aromatic rings. The van der Waals surface area contributed by atoms with E-state index in [0.717, 1.165) is 108 Å². The zero-order chi connectivity index (χ0) is 68.2. The summed E-state index contributed by atoms with van der Waals surface area (Å²) >= 11 is 0. The van der Waals surface area contributed by atoms with Gasteiger partial charge in [-0.1, -0.05) is 312 Å². The molecule has 0 fully saturated rings. The van der Waals surface area contributed by atoms with Crippen molar-refractivity contribution in [1.29, 1.82) is 0 Å². The van der Waals surface area contributed by atoms with Gasteiger partial charge in [0.1, 0.15) is 19.3 Å². The lowest BCUT2D eigenvalue weighted by Crippen LogP contribution is -2.30. The van der Waals surface area contributed by atoms with E-state index in [1.54, 1.807) is 0 Å². The fourth-order valence-electron chi connectivity index (χ4n) is 11.0. The van der Waals surface area contributed by atoms with Crippen molar-refractivity contribution in [3.63, 3.8) is 0 Å². The van der Waals surface area contributed by atoms with E-state index >= 15 is 0 Å². The predicted molar refractivity (Wildman–Crippen MR) is 372 cm³/mol. The molecule has 0 aromatic carbocycles. The molecule has 0 aromatic heterocycles. The number of carbonyl (C=O) groups excluding carboxylic acids is 4. The summed E-state index contributed by atoms with van der Waals surface area (Å²) in [6.45, 7) is 14.1. The quantitative estimate of drug-likeness (QED) is 0.0222.